The van der Waals surface area contributed by atoms with Gasteiger partial charge in [-0.05, 0) is 31.2 Å². The van der Waals surface area contributed by atoms with Gasteiger partial charge in [0.15, 0.2) is 0 Å². The fourth-order valence-electron chi connectivity index (χ4n) is 2.75. The van der Waals surface area contributed by atoms with Crippen LogP contribution in [0.5, 0.6) is 0 Å². The molecule has 0 unspecified atom stereocenters. The molecule has 1 fully saturated rings. The maximum atomic E-state index is 12.3. The Morgan fingerprint density at radius 2 is 2.08 bits per heavy atom. The Morgan fingerprint density at radius 1 is 1.38 bits per heavy atom. The highest BCUT2D eigenvalue weighted by Gasteiger charge is 2.39. The third-order valence-electron chi connectivity index (χ3n) is 4.15. The highest BCUT2D eigenvalue weighted by atomic mass is 35.5. The van der Waals surface area contributed by atoms with Crippen LogP contribution < -0.4 is 11.2 Å². The van der Waals surface area contributed by atoms with E-state index in [4.69, 9.17) is 21.1 Å². The summed E-state index contributed by atoms with van der Waals surface area (Å²) in [5, 5.41) is 10.0. The number of aliphatic hydroxyl groups excluding tert-OH is 1. The summed E-state index contributed by atoms with van der Waals surface area (Å²) >= 11 is 5.80. The van der Waals surface area contributed by atoms with Crippen LogP contribution in [0.4, 0.5) is 0 Å². The predicted octanol–water partition coefficient (Wildman–Crippen LogP) is 1.00. The van der Waals surface area contributed by atoms with E-state index in [1.165, 1.54) is 22.9 Å². The molecule has 3 rings (SSSR count). The first-order valence-corrected chi connectivity index (χ1v) is 8.31. The molecule has 0 saturated carbocycles. The average molecular weight is 381 g/mol. The minimum atomic E-state index is -0.782. The number of rotatable bonds is 4. The number of nitrogens with one attached hydrogen (secondary N) is 1. The van der Waals surface area contributed by atoms with Gasteiger partial charge in [0, 0.05) is 23.2 Å². The number of carbonyl (C=O) groups excluding carboxylic acids is 1. The second kappa shape index (κ2) is 7.45. The second-order valence-electron chi connectivity index (χ2n) is 5.98. The molecule has 2 heterocycles. The second-order valence-corrected chi connectivity index (χ2v) is 6.41. The number of H-pyrrole nitrogens is 1. The van der Waals surface area contributed by atoms with Crippen molar-refractivity contribution in [3.05, 3.63) is 67.4 Å². The highest BCUT2D eigenvalue weighted by Crippen LogP contribution is 2.30. The number of nitrogens with zero attached hydrogens (tertiary/aromatic N) is 1. The van der Waals surface area contributed by atoms with E-state index in [1.54, 1.807) is 19.1 Å². The SMILES string of the molecule is Cc1cn([C@@H]2C[C@H](OC(=O)c3ccc(Cl)cc3)[C@@H](CO)O2)c(=O)[nH]c1=O. The summed E-state index contributed by atoms with van der Waals surface area (Å²) in [6.07, 6.45) is -0.750. The standard InChI is InChI=1S/C17H17ClN2O6/c1-9-7-20(17(24)19-15(9)22)14-6-12(13(8-21)25-14)26-16(23)10-2-4-11(18)5-3-10/h2-5,7,12-14,21H,6,8H2,1H3,(H,19,22,24)/t12-,13+,14-/m0/s1. The molecule has 0 amide bonds. The van der Waals surface area contributed by atoms with Crippen LogP contribution in [0.2, 0.25) is 5.02 Å². The number of aromatic nitrogens is 2. The number of carbonyl (C=O) groups is 1. The summed E-state index contributed by atoms with van der Waals surface area (Å²) < 4.78 is 12.3. The summed E-state index contributed by atoms with van der Waals surface area (Å²) in [6.45, 7) is 1.18. The molecule has 26 heavy (non-hydrogen) atoms. The summed E-state index contributed by atoms with van der Waals surface area (Å²) in [5.74, 6) is -0.584. The molecule has 138 valence electrons. The molecule has 0 aliphatic carbocycles. The van der Waals surface area contributed by atoms with Gasteiger partial charge in [-0.15, -0.1) is 0 Å². The number of aryl methyl sites for hydroxylation is 1. The zero-order chi connectivity index (χ0) is 18.8. The van der Waals surface area contributed by atoms with Crippen LogP contribution in [0.1, 0.15) is 28.6 Å². The molecule has 1 aliphatic heterocycles. The van der Waals surface area contributed by atoms with Crippen molar-refractivity contribution in [3.8, 4) is 0 Å². The first-order chi connectivity index (χ1) is 12.4. The molecule has 1 aromatic carbocycles. The number of aliphatic hydroxyl groups is 1. The molecule has 0 spiro atoms. The number of benzene rings is 1. The van der Waals surface area contributed by atoms with E-state index < -0.39 is 35.7 Å². The Kier molecular flexibility index (Phi) is 5.26. The van der Waals surface area contributed by atoms with Gasteiger partial charge in [0.1, 0.15) is 18.4 Å². The van der Waals surface area contributed by atoms with Gasteiger partial charge in [0.2, 0.25) is 0 Å². The van der Waals surface area contributed by atoms with Gasteiger partial charge in [-0.25, -0.2) is 9.59 Å². The van der Waals surface area contributed by atoms with Gasteiger partial charge < -0.3 is 14.6 Å². The minimum Gasteiger partial charge on any atom is -0.456 e. The van der Waals surface area contributed by atoms with Gasteiger partial charge in [0.25, 0.3) is 5.56 Å². The average Bonchev–Trinajstić information content (AvgIpc) is 3.01. The molecule has 9 heteroatoms. The molecule has 1 saturated heterocycles. The quantitative estimate of drug-likeness (QED) is 0.766. The molecule has 1 aromatic heterocycles. The van der Waals surface area contributed by atoms with Crippen LogP contribution in [0, 0.1) is 6.92 Å². The van der Waals surface area contributed by atoms with Crippen LogP contribution in [0.15, 0.2) is 40.1 Å². The van der Waals surface area contributed by atoms with E-state index in [1.807, 2.05) is 0 Å². The van der Waals surface area contributed by atoms with Crippen molar-refractivity contribution in [1.82, 2.24) is 9.55 Å². The molecular weight excluding hydrogens is 364 g/mol. The predicted molar refractivity (Wildman–Crippen MR) is 92.3 cm³/mol. The lowest BCUT2D eigenvalue weighted by Gasteiger charge is -2.16. The largest absolute Gasteiger partial charge is 0.456 e. The molecule has 1 aliphatic rings. The number of ether oxygens (including phenoxy) is 2. The Labute approximate surface area is 152 Å². The van der Waals surface area contributed by atoms with Crippen LogP contribution in [-0.2, 0) is 9.47 Å². The number of hydrogen-bond donors (Lipinski definition) is 2. The van der Waals surface area contributed by atoms with Crippen LogP contribution in [-0.4, -0.2) is 39.4 Å². The van der Waals surface area contributed by atoms with Crippen LogP contribution in [0.3, 0.4) is 0 Å². The van der Waals surface area contributed by atoms with E-state index in [9.17, 15) is 19.5 Å². The molecule has 2 N–H and O–H groups in total. The van der Waals surface area contributed by atoms with E-state index >= 15 is 0 Å². The van der Waals surface area contributed by atoms with Crippen molar-refractivity contribution >= 4 is 17.6 Å². The molecule has 8 nitrogen and oxygen atoms in total. The smallest absolute Gasteiger partial charge is 0.338 e. The Hall–Kier alpha value is -2.42. The third-order valence-corrected chi connectivity index (χ3v) is 4.41. The van der Waals surface area contributed by atoms with Crippen molar-refractivity contribution in [1.29, 1.82) is 0 Å². The maximum Gasteiger partial charge on any atom is 0.338 e. The normalized spacial score (nSPS) is 22.3. The first kappa shape index (κ1) is 18.4. The van der Waals surface area contributed by atoms with Gasteiger partial charge in [0.05, 0.1) is 12.2 Å². The highest BCUT2D eigenvalue weighted by molar-refractivity contribution is 6.30. The van der Waals surface area contributed by atoms with Crippen molar-refractivity contribution < 1.29 is 19.4 Å². The number of esters is 1. The lowest BCUT2D eigenvalue weighted by Crippen LogP contribution is -2.33. The van der Waals surface area contributed by atoms with E-state index in [0.29, 0.717) is 16.1 Å². The number of aromatic amines is 1. The van der Waals surface area contributed by atoms with Crippen LogP contribution in [0.25, 0.3) is 0 Å². The first-order valence-electron chi connectivity index (χ1n) is 7.94. The van der Waals surface area contributed by atoms with Crippen molar-refractivity contribution in [3.63, 3.8) is 0 Å². The van der Waals surface area contributed by atoms with Gasteiger partial charge in [-0.1, -0.05) is 11.6 Å². The maximum absolute atomic E-state index is 12.3. The topological polar surface area (TPSA) is 111 Å². The molecule has 0 radical (unpaired) electrons. The minimum absolute atomic E-state index is 0.163. The Morgan fingerprint density at radius 3 is 2.73 bits per heavy atom. The number of halogens is 1. The van der Waals surface area contributed by atoms with Gasteiger partial charge in [-0.3, -0.25) is 14.3 Å². The Bertz CT molecular complexity index is 920. The molecule has 2 aromatic rings. The van der Waals surface area contributed by atoms with Gasteiger partial charge >= 0.3 is 11.7 Å². The monoisotopic (exact) mass is 380 g/mol. The fraction of sp³-hybridized carbons (Fsp3) is 0.353. The lowest BCUT2D eigenvalue weighted by atomic mass is 10.1. The van der Waals surface area contributed by atoms with E-state index in [0.717, 1.165) is 0 Å². The Balaban J connectivity index is 1.78. The van der Waals surface area contributed by atoms with Gasteiger partial charge in [-0.2, -0.15) is 0 Å². The van der Waals surface area contributed by atoms with Crippen molar-refractivity contribution in [2.75, 3.05) is 6.61 Å². The van der Waals surface area contributed by atoms with Crippen molar-refractivity contribution in [2.45, 2.75) is 31.8 Å². The van der Waals surface area contributed by atoms with Crippen LogP contribution >= 0.6 is 11.6 Å². The summed E-state index contributed by atoms with van der Waals surface area (Å²) in [4.78, 5) is 37.9. The molecule has 3 atom stereocenters. The summed E-state index contributed by atoms with van der Waals surface area (Å²) in [6, 6.07) is 6.19. The van der Waals surface area contributed by atoms with E-state index in [2.05, 4.69) is 4.98 Å². The van der Waals surface area contributed by atoms with Crippen molar-refractivity contribution in [2.24, 2.45) is 0 Å². The third kappa shape index (κ3) is 3.72. The molecule has 0 bridgehead atoms. The summed E-state index contributed by atoms with van der Waals surface area (Å²) in [7, 11) is 0. The lowest BCUT2D eigenvalue weighted by molar-refractivity contribution is -0.0522. The number of hydrogen-bond acceptors (Lipinski definition) is 6. The fourth-order valence-corrected chi connectivity index (χ4v) is 2.88. The summed E-state index contributed by atoms with van der Waals surface area (Å²) in [5.41, 5.74) is -0.456. The molecular formula is C17H17ClN2O6. The zero-order valence-corrected chi connectivity index (χ0v) is 14.6. The van der Waals surface area contributed by atoms with E-state index in [-0.39, 0.29) is 13.0 Å². The zero-order valence-electron chi connectivity index (χ0n) is 13.8.